The summed E-state index contributed by atoms with van der Waals surface area (Å²) in [7, 11) is 3.82. The van der Waals surface area contributed by atoms with Crippen molar-refractivity contribution in [3.63, 3.8) is 0 Å². The van der Waals surface area contributed by atoms with E-state index in [4.69, 9.17) is 14.2 Å². The van der Waals surface area contributed by atoms with Gasteiger partial charge in [0.25, 0.3) is 0 Å². The predicted molar refractivity (Wildman–Crippen MR) is 99.1 cm³/mol. The van der Waals surface area contributed by atoms with Gasteiger partial charge in [-0.05, 0) is 6.92 Å². The van der Waals surface area contributed by atoms with Crippen LogP contribution < -0.4 is 14.2 Å². The molecule has 2 N–H and O–H groups in total. The largest absolute Gasteiger partial charge is 0.496 e. The number of hydrogen-bond donors (Lipinski definition) is 2. The topological polar surface area (TPSA) is 172 Å². The summed E-state index contributed by atoms with van der Waals surface area (Å²) < 4.78 is 15.8. The number of aliphatic carboxylic acids is 2. The third-order valence-corrected chi connectivity index (χ3v) is 5.51. The molecule has 0 aliphatic carbocycles. The average Bonchev–Trinajstić information content (AvgIpc) is 2.69. The van der Waals surface area contributed by atoms with E-state index in [1.165, 1.54) is 33.5 Å². The molecule has 1 aromatic carbocycles. The van der Waals surface area contributed by atoms with Crippen LogP contribution in [0.2, 0.25) is 0 Å². The van der Waals surface area contributed by atoms with Gasteiger partial charge >= 0.3 is 23.0 Å². The maximum atomic E-state index is 12.4. The summed E-state index contributed by atoms with van der Waals surface area (Å²) >= 11 is 0. The molecular formula is C18H23NO11. The van der Waals surface area contributed by atoms with Crippen LogP contribution in [-0.4, -0.2) is 54.5 Å². The normalized spacial score (nSPS) is 14.1. The lowest BCUT2D eigenvalue weighted by molar-refractivity contribution is -0.730. The van der Waals surface area contributed by atoms with Gasteiger partial charge in [-0.25, -0.2) is 4.84 Å². The predicted octanol–water partition coefficient (Wildman–Crippen LogP) is 1.52. The lowest BCUT2D eigenvalue weighted by Crippen LogP contribution is -2.57. The van der Waals surface area contributed by atoms with Crippen molar-refractivity contribution < 1.29 is 48.7 Å². The molecule has 2 unspecified atom stereocenters. The van der Waals surface area contributed by atoms with Crippen molar-refractivity contribution in [3.8, 4) is 17.2 Å². The third-order valence-electron chi connectivity index (χ3n) is 5.51. The smallest absolute Gasteiger partial charge is 0.321 e. The maximum absolute atomic E-state index is 12.4. The highest BCUT2D eigenvalue weighted by molar-refractivity contribution is 6.01. The summed E-state index contributed by atoms with van der Waals surface area (Å²) in [6, 6.07) is 2.68. The minimum absolute atomic E-state index is 0.0526. The second-order valence-electron chi connectivity index (χ2n) is 6.70. The first-order valence-electron chi connectivity index (χ1n) is 8.46. The van der Waals surface area contributed by atoms with E-state index in [1.807, 2.05) is 0 Å². The van der Waals surface area contributed by atoms with Crippen LogP contribution in [0.3, 0.4) is 0 Å². The van der Waals surface area contributed by atoms with E-state index in [2.05, 4.69) is 4.84 Å². The van der Waals surface area contributed by atoms with Gasteiger partial charge in [0.2, 0.25) is 0 Å². The zero-order valence-electron chi connectivity index (χ0n) is 17.2. The Labute approximate surface area is 171 Å². The molecule has 0 bridgehead atoms. The number of hydrogen-bond acceptors (Lipinski definition) is 9. The number of carbonyl (C=O) groups excluding carboxylic acids is 1. The third kappa shape index (κ3) is 3.80. The van der Waals surface area contributed by atoms with Gasteiger partial charge in [0, 0.05) is 23.1 Å². The number of carboxylic acids is 2. The first kappa shape index (κ1) is 24.5. The van der Waals surface area contributed by atoms with Crippen molar-refractivity contribution in [1.29, 1.82) is 0 Å². The van der Waals surface area contributed by atoms with Gasteiger partial charge in [-0.3, -0.25) is 14.4 Å². The molecule has 1 rings (SSSR count). The molecule has 0 spiro atoms. The molecule has 0 saturated carbocycles. The van der Waals surface area contributed by atoms with Crippen LogP contribution in [0, 0.1) is 21.4 Å². The number of rotatable bonds is 10. The molecule has 1 aromatic rings. The van der Waals surface area contributed by atoms with Gasteiger partial charge < -0.3 is 24.4 Å². The minimum Gasteiger partial charge on any atom is -0.496 e. The monoisotopic (exact) mass is 429 g/mol. The van der Waals surface area contributed by atoms with Crippen LogP contribution in [0.4, 0.5) is 0 Å². The Balaban J connectivity index is 4.11. The fourth-order valence-electron chi connectivity index (χ4n) is 3.34. The van der Waals surface area contributed by atoms with Crippen LogP contribution in [0.25, 0.3) is 0 Å². The lowest BCUT2D eigenvalue weighted by atomic mass is 9.55. The number of carboxylic acid groups (broad SMARTS) is 2. The van der Waals surface area contributed by atoms with E-state index in [9.17, 15) is 34.7 Å². The highest BCUT2D eigenvalue weighted by Crippen LogP contribution is 2.55. The summed E-state index contributed by atoms with van der Waals surface area (Å²) in [5.41, 5.74) is -4.94. The molecule has 12 heteroatoms. The van der Waals surface area contributed by atoms with E-state index in [0.29, 0.717) is 0 Å². The Morgan fingerprint density at radius 2 is 1.43 bits per heavy atom. The van der Waals surface area contributed by atoms with Gasteiger partial charge in [-0.1, -0.05) is 13.8 Å². The van der Waals surface area contributed by atoms with E-state index in [0.717, 1.165) is 20.8 Å². The molecule has 0 amide bonds. The van der Waals surface area contributed by atoms with Gasteiger partial charge in [0.05, 0.1) is 27.2 Å². The Hall–Kier alpha value is -3.57. The molecule has 0 aliphatic rings. The first-order chi connectivity index (χ1) is 13.8. The van der Waals surface area contributed by atoms with Crippen molar-refractivity contribution in [2.45, 2.75) is 26.2 Å². The fourth-order valence-corrected chi connectivity index (χ4v) is 3.34. The van der Waals surface area contributed by atoms with E-state index in [1.54, 1.807) is 0 Å². The summed E-state index contributed by atoms with van der Waals surface area (Å²) in [4.78, 5) is 51.5. The summed E-state index contributed by atoms with van der Waals surface area (Å²) in [5.74, 6) is -6.54. The summed E-state index contributed by atoms with van der Waals surface area (Å²) in [6.07, 6.45) is 0. The highest BCUT2D eigenvalue weighted by atomic mass is 17.0. The molecule has 0 aromatic heterocycles. The zero-order valence-corrected chi connectivity index (χ0v) is 17.2. The maximum Gasteiger partial charge on any atom is 0.321 e. The Kier molecular flexibility index (Phi) is 7.21. The molecule has 0 fully saturated rings. The van der Waals surface area contributed by atoms with Crippen LogP contribution in [0.5, 0.6) is 17.2 Å². The zero-order chi connectivity index (χ0) is 23.4. The number of nitrogens with zero attached hydrogens (tertiary/aromatic N) is 1. The van der Waals surface area contributed by atoms with Crippen LogP contribution in [0.1, 0.15) is 26.3 Å². The molecular weight excluding hydrogens is 406 g/mol. The SMILES string of the molecule is COc1cc(OC)c(C(C)(C(C)C(=O)O[N+](=O)[O-])C(C)(C(=O)O)C(=O)O)c(OC)c1. The Morgan fingerprint density at radius 3 is 1.73 bits per heavy atom. The van der Waals surface area contributed by atoms with E-state index >= 15 is 0 Å². The molecule has 166 valence electrons. The standard InChI is InChI=1S/C18H23NO11/c1-9(14(20)30-19(25)26)17(2,18(3,15(21)22)16(23)24)13-11(28-5)7-10(27-4)8-12(13)29-6/h7-9H,1-6H3,(H,21,22)(H,23,24). The van der Waals surface area contributed by atoms with Crippen molar-refractivity contribution in [2.75, 3.05) is 21.3 Å². The number of benzene rings is 1. The second kappa shape index (κ2) is 8.84. The number of methoxy groups -OCH3 is 3. The first-order valence-corrected chi connectivity index (χ1v) is 8.46. The van der Waals surface area contributed by atoms with Crippen molar-refractivity contribution in [2.24, 2.45) is 11.3 Å². The molecule has 30 heavy (non-hydrogen) atoms. The van der Waals surface area contributed by atoms with Gasteiger partial charge in [0.15, 0.2) is 5.41 Å². The summed E-state index contributed by atoms with van der Waals surface area (Å²) in [6.45, 7) is 3.17. The highest BCUT2D eigenvalue weighted by Gasteiger charge is 2.63. The Bertz CT molecular complexity index is 827. The molecule has 0 aliphatic heterocycles. The average molecular weight is 429 g/mol. The van der Waals surface area contributed by atoms with Crippen LogP contribution in [0.15, 0.2) is 12.1 Å². The van der Waals surface area contributed by atoms with E-state index < -0.39 is 39.7 Å². The minimum atomic E-state index is -2.67. The van der Waals surface area contributed by atoms with Crippen molar-refractivity contribution >= 4 is 17.9 Å². The van der Waals surface area contributed by atoms with Gasteiger partial charge in [0.1, 0.15) is 17.2 Å². The van der Waals surface area contributed by atoms with Crippen molar-refractivity contribution in [3.05, 3.63) is 27.8 Å². The van der Waals surface area contributed by atoms with Crippen molar-refractivity contribution in [1.82, 2.24) is 0 Å². The van der Waals surface area contributed by atoms with Crippen LogP contribution >= 0.6 is 0 Å². The fraction of sp³-hybridized carbons (Fsp3) is 0.500. The van der Waals surface area contributed by atoms with E-state index in [-0.39, 0.29) is 22.8 Å². The molecule has 0 heterocycles. The Morgan fingerprint density at radius 1 is 1.00 bits per heavy atom. The van der Waals surface area contributed by atoms with Crippen LogP contribution in [-0.2, 0) is 24.6 Å². The quantitative estimate of drug-likeness (QED) is 0.314. The second-order valence-corrected chi connectivity index (χ2v) is 6.70. The number of ether oxygens (including phenoxy) is 3. The molecule has 0 radical (unpaired) electrons. The van der Waals surface area contributed by atoms with Gasteiger partial charge in [-0.2, -0.15) is 0 Å². The lowest BCUT2D eigenvalue weighted by Gasteiger charge is -2.45. The molecule has 2 atom stereocenters. The summed E-state index contributed by atoms with van der Waals surface area (Å²) in [5, 5.41) is 29.1. The molecule has 12 nitrogen and oxygen atoms in total. The molecule has 0 saturated heterocycles. The number of carbonyl (C=O) groups is 3. The van der Waals surface area contributed by atoms with Gasteiger partial charge in [-0.15, -0.1) is 10.1 Å².